The number of hydrogen-bond donors (Lipinski definition) is 4. The highest BCUT2D eigenvalue weighted by Gasteiger charge is 2.27. The summed E-state index contributed by atoms with van der Waals surface area (Å²) >= 11 is 0. The molecule has 1 aliphatic rings. The Morgan fingerprint density at radius 3 is 1.42 bits per heavy atom. The van der Waals surface area contributed by atoms with Gasteiger partial charge in [0.05, 0.1) is 39.3 Å². The van der Waals surface area contributed by atoms with Gasteiger partial charge < -0.3 is 49.7 Å². The van der Waals surface area contributed by atoms with Crippen LogP contribution in [0.25, 0.3) is 0 Å². The van der Waals surface area contributed by atoms with E-state index >= 15 is 0 Å². The average Bonchev–Trinajstić information content (AvgIpc) is 3.29. The largest absolute Gasteiger partial charge is 0.460 e. The molecule has 1 heterocycles. The quantitative estimate of drug-likeness (QED) is 0.0547. The fourth-order valence-electron chi connectivity index (χ4n) is 7.97. The summed E-state index contributed by atoms with van der Waals surface area (Å²) in [6.45, 7) is 28.2. The molecular weight excluding hydrogens is 977 g/mol. The van der Waals surface area contributed by atoms with Crippen molar-refractivity contribution in [2.75, 3.05) is 131 Å². The zero-order valence-corrected chi connectivity index (χ0v) is 47.6. The third kappa shape index (κ3) is 31.9. The second kappa shape index (κ2) is 33.3. The van der Waals surface area contributed by atoms with Gasteiger partial charge in [-0.2, -0.15) is 0 Å². The highest BCUT2D eigenvalue weighted by molar-refractivity contribution is 5.74. The maximum atomic E-state index is 13.4. The number of hydrogen-bond acceptors (Lipinski definition) is 20. The summed E-state index contributed by atoms with van der Waals surface area (Å²) in [5.41, 5.74) is -0.152. The maximum absolute atomic E-state index is 13.4. The van der Waals surface area contributed by atoms with Gasteiger partial charge in [-0.25, -0.2) is 0 Å². The van der Waals surface area contributed by atoms with Gasteiger partial charge in [0.2, 0.25) is 0 Å². The summed E-state index contributed by atoms with van der Waals surface area (Å²) in [4.78, 5) is 85.3. The van der Waals surface area contributed by atoms with Gasteiger partial charge in [0.15, 0.2) is 0 Å². The Morgan fingerprint density at radius 2 is 0.908 bits per heavy atom. The molecule has 0 spiro atoms. The van der Waals surface area contributed by atoms with Crippen LogP contribution in [-0.2, 0) is 76.8 Å². The van der Waals surface area contributed by atoms with Gasteiger partial charge in [-0.3, -0.25) is 48.4 Å². The van der Waals surface area contributed by atoms with Gasteiger partial charge in [0, 0.05) is 98.0 Å². The number of rotatable bonds is 28. The smallest absolute Gasteiger partial charge is 0.320 e. The van der Waals surface area contributed by atoms with Gasteiger partial charge >= 0.3 is 35.8 Å². The molecule has 1 saturated heterocycles. The molecule has 0 unspecified atom stereocenters. The number of esters is 6. The van der Waals surface area contributed by atoms with Crippen molar-refractivity contribution >= 4 is 35.8 Å². The van der Waals surface area contributed by atoms with Crippen LogP contribution in [0.3, 0.4) is 0 Å². The first-order chi connectivity index (χ1) is 35.7. The van der Waals surface area contributed by atoms with Crippen LogP contribution in [0.1, 0.15) is 92.9 Å². The van der Waals surface area contributed by atoms with E-state index in [2.05, 4.69) is 31.1 Å². The minimum Gasteiger partial charge on any atom is -0.460 e. The normalized spacial score (nSPS) is 14.8. The zero-order valence-electron chi connectivity index (χ0n) is 47.6. The van der Waals surface area contributed by atoms with E-state index in [1.54, 1.807) is 41.5 Å². The third-order valence-electron chi connectivity index (χ3n) is 11.3. The number of carbonyl (C=O) groups is 6. The predicted octanol–water partition coefficient (Wildman–Crippen LogP) is 2.94. The van der Waals surface area contributed by atoms with Crippen LogP contribution in [0.15, 0.2) is 54.6 Å². The molecule has 0 aromatic heterocycles. The molecule has 3 rings (SSSR count). The second-order valence-electron chi connectivity index (χ2n) is 22.7. The van der Waals surface area contributed by atoms with E-state index < -0.39 is 40.3 Å². The standard InChI is InChI=1S/C56H92N8O12/c1-53(2,3)73-48(66)37-60-26-31-63(38-49(67)71-42-44-17-13-12-14-18-44)33-34-64(40-51(69)75-55(7,8)9)32-25-59-36-47(65)72-43-46-20-16-15-19-45(46)35-56(10,11)76-52(70)41-62-29-23-57-21-27-61(28-22-58-24-30-62)39-50(68)74-54(4,5)6/h12-20,57-60H,21-43H2,1-11H3. The minimum atomic E-state index is -0.855. The van der Waals surface area contributed by atoms with E-state index in [4.69, 9.17) is 28.4 Å². The Bertz CT molecular complexity index is 2060. The van der Waals surface area contributed by atoms with Crippen molar-refractivity contribution in [2.45, 2.75) is 118 Å². The van der Waals surface area contributed by atoms with E-state index in [0.29, 0.717) is 98.0 Å². The fraction of sp³-hybridized carbons (Fsp3) is 0.679. The van der Waals surface area contributed by atoms with E-state index in [9.17, 15) is 28.8 Å². The van der Waals surface area contributed by atoms with Crippen molar-refractivity contribution < 1.29 is 57.2 Å². The summed E-state index contributed by atoms with van der Waals surface area (Å²) in [7, 11) is 0. The zero-order chi connectivity index (χ0) is 56.2. The number of benzene rings is 2. The molecular formula is C56H92N8O12. The lowest BCUT2D eigenvalue weighted by molar-refractivity contribution is -0.158. The Morgan fingerprint density at radius 1 is 0.487 bits per heavy atom. The molecule has 0 aliphatic carbocycles. The van der Waals surface area contributed by atoms with Crippen molar-refractivity contribution in [1.82, 2.24) is 40.9 Å². The van der Waals surface area contributed by atoms with Gasteiger partial charge in [-0.1, -0.05) is 54.6 Å². The summed E-state index contributed by atoms with van der Waals surface area (Å²) in [6.07, 6.45) is 0.399. The molecule has 0 amide bonds. The molecule has 20 heteroatoms. The monoisotopic (exact) mass is 1070 g/mol. The van der Waals surface area contributed by atoms with E-state index in [1.807, 2.05) is 99.0 Å². The molecule has 0 saturated carbocycles. The Balaban J connectivity index is 1.51. The summed E-state index contributed by atoms with van der Waals surface area (Å²) in [5, 5.41) is 13.1. The van der Waals surface area contributed by atoms with Crippen LogP contribution in [-0.4, -0.2) is 209 Å². The van der Waals surface area contributed by atoms with Crippen molar-refractivity contribution in [2.24, 2.45) is 0 Å². The lowest BCUT2D eigenvalue weighted by Crippen LogP contribution is -2.46. The number of ether oxygens (including phenoxy) is 6. The van der Waals surface area contributed by atoms with E-state index in [1.165, 1.54) is 0 Å². The molecule has 76 heavy (non-hydrogen) atoms. The van der Waals surface area contributed by atoms with Crippen LogP contribution in [0.4, 0.5) is 0 Å². The SMILES string of the molecule is CC(C)(C)OC(=O)CNCCN(CCN(CCNCC(=O)OCc1ccccc1CC(C)(C)OC(=O)CN1CCNCCN(CC(=O)OC(C)(C)C)CCNCC1)CC(=O)OC(C)(C)C)CC(=O)OCc1ccccc1. The maximum Gasteiger partial charge on any atom is 0.320 e. The first kappa shape index (κ1) is 65.2. The van der Waals surface area contributed by atoms with Crippen LogP contribution in [0.2, 0.25) is 0 Å². The van der Waals surface area contributed by atoms with Crippen LogP contribution in [0, 0.1) is 0 Å². The Hall–Kier alpha value is -5.06. The third-order valence-corrected chi connectivity index (χ3v) is 11.3. The van der Waals surface area contributed by atoms with Crippen molar-refractivity contribution in [1.29, 1.82) is 0 Å². The average molecular weight is 1070 g/mol. The van der Waals surface area contributed by atoms with Crippen molar-refractivity contribution in [3.05, 3.63) is 71.3 Å². The Labute approximate surface area is 452 Å². The molecule has 0 bridgehead atoms. The first-order valence-electron chi connectivity index (χ1n) is 26.7. The molecule has 1 aliphatic heterocycles. The van der Waals surface area contributed by atoms with Crippen molar-refractivity contribution in [3.8, 4) is 0 Å². The van der Waals surface area contributed by atoms with Crippen molar-refractivity contribution in [3.63, 3.8) is 0 Å². The minimum absolute atomic E-state index is 0.00504. The van der Waals surface area contributed by atoms with Crippen LogP contribution in [0.5, 0.6) is 0 Å². The lowest BCUT2D eigenvalue weighted by Gasteiger charge is -2.29. The molecule has 2 aromatic rings. The predicted molar refractivity (Wildman–Crippen MR) is 291 cm³/mol. The van der Waals surface area contributed by atoms with Crippen LogP contribution >= 0.6 is 0 Å². The highest BCUT2D eigenvalue weighted by atomic mass is 16.6. The molecule has 0 radical (unpaired) electrons. The van der Waals surface area contributed by atoms with Gasteiger partial charge in [0.1, 0.15) is 35.6 Å². The molecule has 4 N–H and O–H groups in total. The fourth-order valence-corrected chi connectivity index (χ4v) is 7.97. The van der Waals surface area contributed by atoms with Crippen LogP contribution < -0.4 is 21.3 Å². The molecule has 1 fully saturated rings. The van der Waals surface area contributed by atoms with Gasteiger partial charge in [-0.05, 0) is 92.9 Å². The summed E-state index contributed by atoms with van der Waals surface area (Å²) < 4.78 is 33.9. The lowest BCUT2D eigenvalue weighted by atomic mass is 9.95. The van der Waals surface area contributed by atoms with Gasteiger partial charge in [0.25, 0.3) is 0 Å². The van der Waals surface area contributed by atoms with Gasteiger partial charge in [-0.15, -0.1) is 0 Å². The number of nitrogens with one attached hydrogen (secondary N) is 4. The van der Waals surface area contributed by atoms with E-state index in [-0.39, 0.29) is 70.4 Å². The first-order valence-corrected chi connectivity index (χ1v) is 26.7. The Kier molecular flexibility index (Phi) is 28.6. The molecule has 0 atom stereocenters. The second-order valence-corrected chi connectivity index (χ2v) is 22.7. The molecule has 20 nitrogen and oxygen atoms in total. The number of nitrogens with zero attached hydrogens (tertiary/aromatic N) is 4. The molecule has 428 valence electrons. The molecule has 2 aromatic carbocycles. The highest BCUT2D eigenvalue weighted by Crippen LogP contribution is 2.22. The van der Waals surface area contributed by atoms with E-state index in [0.717, 1.165) is 16.7 Å². The summed E-state index contributed by atoms with van der Waals surface area (Å²) in [5.74, 6) is -2.25. The topological polar surface area (TPSA) is 219 Å². The number of carbonyl (C=O) groups excluding carboxylic acids is 6. The summed E-state index contributed by atoms with van der Waals surface area (Å²) in [6, 6.07) is 17.0.